The third kappa shape index (κ3) is 5.04. The maximum atomic E-state index is 14.3. The summed E-state index contributed by atoms with van der Waals surface area (Å²) in [5.41, 5.74) is -0.885. The van der Waals surface area contributed by atoms with Crippen LogP contribution in [-0.4, -0.2) is 35.9 Å². The van der Waals surface area contributed by atoms with Gasteiger partial charge >= 0.3 is 6.18 Å². The number of hydrogen-bond acceptors (Lipinski definition) is 5. The monoisotopic (exact) mass is 536 g/mol. The van der Waals surface area contributed by atoms with Crippen molar-refractivity contribution in [2.45, 2.75) is 50.8 Å². The van der Waals surface area contributed by atoms with Crippen LogP contribution in [-0.2, 0) is 28.1 Å². The van der Waals surface area contributed by atoms with Crippen molar-refractivity contribution in [1.29, 1.82) is 0 Å². The molecule has 1 aromatic carbocycles. The van der Waals surface area contributed by atoms with Crippen LogP contribution in [0.1, 0.15) is 57.4 Å². The van der Waals surface area contributed by atoms with Gasteiger partial charge in [-0.2, -0.15) is 13.2 Å². The van der Waals surface area contributed by atoms with Crippen LogP contribution in [0.25, 0.3) is 0 Å². The van der Waals surface area contributed by atoms with Gasteiger partial charge in [-0.25, -0.2) is 0 Å². The summed E-state index contributed by atoms with van der Waals surface area (Å²) in [7, 11) is 0. The van der Waals surface area contributed by atoms with E-state index in [1.807, 2.05) is 6.92 Å². The molecular formula is C22H21Cl2F3N2O4S. The second-order valence-corrected chi connectivity index (χ2v) is 9.57. The maximum Gasteiger partial charge on any atom is 0.435 e. The number of halogens is 5. The van der Waals surface area contributed by atoms with Gasteiger partial charge in [0.15, 0.2) is 0 Å². The molecule has 6 nitrogen and oxygen atoms in total. The molecule has 0 saturated carbocycles. The fourth-order valence-electron chi connectivity index (χ4n) is 4.10. The molecule has 184 valence electrons. The molecule has 1 unspecified atom stereocenters. The highest BCUT2D eigenvalue weighted by atomic mass is 35.5. The number of hydrogen-bond donors (Lipinski definition) is 2. The zero-order valence-corrected chi connectivity index (χ0v) is 20.3. The average Bonchev–Trinajstić information content (AvgIpc) is 3.37. The van der Waals surface area contributed by atoms with E-state index < -0.39 is 18.2 Å². The second kappa shape index (κ2) is 10.5. The first-order valence-electron chi connectivity index (χ1n) is 10.4. The van der Waals surface area contributed by atoms with E-state index in [9.17, 15) is 18.0 Å². The largest absolute Gasteiger partial charge is 0.483 e. The predicted octanol–water partition coefficient (Wildman–Crippen LogP) is 5.97. The van der Waals surface area contributed by atoms with Gasteiger partial charge in [-0.3, -0.25) is 9.59 Å². The summed E-state index contributed by atoms with van der Waals surface area (Å²) in [6.07, 6.45) is -2.01. The predicted molar refractivity (Wildman–Crippen MR) is 124 cm³/mol. The van der Waals surface area contributed by atoms with E-state index in [0.717, 1.165) is 30.4 Å². The second-order valence-electron chi connectivity index (χ2n) is 7.68. The summed E-state index contributed by atoms with van der Waals surface area (Å²) >= 11 is 13.1. The number of nitrogens with one attached hydrogen (secondary N) is 1. The lowest BCUT2D eigenvalue weighted by molar-refractivity contribution is -0.275. The summed E-state index contributed by atoms with van der Waals surface area (Å²) in [5, 5.41) is 13.7. The fourth-order valence-corrected chi connectivity index (χ4v) is 5.92. The molecule has 0 spiro atoms. The van der Waals surface area contributed by atoms with Gasteiger partial charge in [0.2, 0.25) is 0 Å². The summed E-state index contributed by atoms with van der Waals surface area (Å²) in [6, 6.07) is 3.76. The lowest BCUT2D eigenvalue weighted by atomic mass is 9.85. The number of alkyl halides is 3. The van der Waals surface area contributed by atoms with E-state index in [1.165, 1.54) is 29.5 Å². The first-order valence-corrected chi connectivity index (χ1v) is 11.9. The number of fused-ring (bicyclic) bond motifs is 1. The van der Waals surface area contributed by atoms with Crippen molar-refractivity contribution in [3.63, 3.8) is 0 Å². The molecule has 0 saturated heterocycles. The van der Waals surface area contributed by atoms with Gasteiger partial charge < -0.3 is 15.3 Å². The van der Waals surface area contributed by atoms with Gasteiger partial charge in [0.25, 0.3) is 18.0 Å². The summed E-state index contributed by atoms with van der Waals surface area (Å²) < 4.78 is 42.8. The van der Waals surface area contributed by atoms with Crippen LogP contribution in [0.3, 0.4) is 0 Å². The Kier molecular flexibility index (Phi) is 8.15. The zero-order chi connectivity index (χ0) is 25.1. The molecule has 34 heavy (non-hydrogen) atoms. The quantitative estimate of drug-likeness (QED) is 0.471. The highest BCUT2D eigenvalue weighted by Gasteiger charge is 2.62. The smallest absolute Gasteiger partial charge is 0.435 e. The van der Waals surface area contributed by atoms with Crippen molar-refractivity contribution in [2.75, 3.05) is 6.54 Å². The van der Waals surface area contributed by atoms with E-state index in [4.69, 9.17) is 37.9 Å². The topological polar surface area (TPSA) is 88.0 Å². The van der Waals surface area contributed by atoms with Crippen molar-refractivity contribution in [3.8, 4) is 0 Å². The van der Waals surface area contributed by atoms with Crippen LogP contribution < -0.4 is 5.32 Å². The maximum absolute atomic E-state index is 14.3. The third-order valence-corrected chi connectivity index (χ3v) is 7.30. The van der Waals surface area contributed by atoms with E-state index in [1.54, 1.807) is 0 Å². The number of benzene rings is 1. The lowest BCUT2D eigenvalue weighted by Crippen LogP contribution is -2.42. The number of carboxylic acid groups (broad SMARTS) is 1. The van der Waals surface area contributed by atoms with Crippen molar-refractivity contribution in [1.82, 2.24) is 5.32 Å². The van der Waals surface area contributed by atoms with Gasteiger partial charge in [0, 0.05) is 22.2 Å². The van der Waals surface area contributed by atoms with Crippen molar-refractivity contribution < 1.29 is 32.7 Å². The zero-order valence-electron chi connectivity index (χ0n) is 18.0. The normalized spacial score (nSPS) is 19.3. The number of amides is 1. The molecule has 1 aromatic heterocycles. The number of carbonyl (C=O) groups is 2. The first kappa shape index (κ1) is 26.3. The highest BCUT2D eigenvalue weighted by Crippen LogP contribution is 2.51. The molecular weight excluding hydrogens is 516 g/mol. The number of oxime groups is 1. The van der Waals surface area contributed by atoms with Gasteiger partial charge in [0.05, 0.1) is 16.2 Å². The third-order valence-electron chi connectivity index (χ3n) is 5.54. The molecule has 2 aliphatic rings. The van der Waals surface area contributed by atoms with Crippen LogP contribution in [0.2, 0.25) is 10.0 Å². The summed E-state index contributed by atoms with van der Waals surface area (Å²) in [6.45, 7) is 2.04. The average molecular weight is 537 g/mol. The van der Waals surface area contributed by atoms with E-state index in [0.29, 0.717) is 22.7 Å². The number of thiophene rings is 1. The Balaban J connectivity index is 0.00000103. The van der Waals surface area contributed by atoms with Crippen molar-refractivity contribution in [3.05, 3.63) is 54.7 Å². The van der Waals surface area contributed by atoms with E-state index in [-0.39, 0.29) is 33.7 Å². The lowest BCUT2D eigenvalue weighted by Gasteiger charge is -2.29. The molecule has 1 aliphatic heterocycles. The van der Waals surface area contributed by atoms with Crippen LogP contribution in [0.15, 0.2) is 23.4 Å². The minimum absolute atomic E-state index is 0.0789. The summed E-state index contributed by atoms with van der Waals surface area (Å²) in [4.78, 5) is 27.2. The number of rotatable bonds is 4. The van der Waals surface area contributed by atoms with Crippen LogP contribution in [0.5, 0.6) is 0 Å². The Morgan fingerprint density at radius 2 is 1.82 bits per heavy atom. The SMILES string of the molecule is CCNC(=O)c1sc(C2=NOC(c3cc(Cl)cc(Cl)c3)(C(F)(F)F)C2)c2c1CCCC2.O=CO. The van der Waals surface area contributed by atoms with Crippen LogP contribution in [0.4, 0.5) is 13.2 Å². The van der Waals surface area contributed by atoms with E-state index >= 15 is 0 Å². The van der Waals surface area contributed by atoms with Gasteiger partial charge in [0.1, 0.15) is 5.71 Å². The minimum atomic E-state index is -4.76. The molecule has 2 heterocycles. The molecule has 4 rings (SSSR count). The van der Waals surface area contributed by atoms with Gasteiger partial charge in [-0.05, 0) is 61.9 Å². The van der Waals surface area contributed by atoms with Gasteiger partial charge in [-0.15, -0.1) is 11.3 Å². The molecule has 0 fully saturated rings. The molecule has 1 aliphatic carbocycles. The Bertz CT molecular complexity index is 1100. The molecule has 2 aromatic rings. The number of nitrogens with zero attached hydrogens (tertiary/aromatic N) is 1. The van der Waals surface area contributed by atoms with E-state index in [2.05, 4.69) is 10.5 Å². The number of carbonyl (C=O) groups excluding carboxylic acids is 1. The molecule has 0 bridgehead atoms. The van der Waals surface area contributed by atoms with Gasteiger partial charge in [-0.1, -0.05) is 28.4 Å². The first-order chi connectivity index (χ1) is 16.1. The van der Waals surface area contributed by atoms with Crippen molar-refractivity contribution >= 4 is 52.6 Å². The van der Waals surface area contributed by atoms with Crippen LogP contribution >= 0.6 is 34.5 Å². The van der Waals surface area contributed by atoms with Crippen LogP contribution in [0, 0.1) is 0 Å². The minimum Gasteiger partial charge on any atom is -0.483 e. The molecule has 12 heteroatoms. The highest BCUT2D eigenvalue weighted by molar-refractivity contribution is 7.16. The molecule has 0 radical (unpaired) electrons. The molecule has 2 N–H and O–H groups in total. The summed E-state index contributed by atoms with van der Waals surface area (Å²) in [5.74, 6) is -0.208. The Hall–Kier alpha value is -2.30. The fraction of sp³-hybridized carbons (Fsp3) is 0.409. The Morgan fingerprint density at radius 3 is 2.38 bits per heavy atom. The molecule has 1 atom stereocenters. The Labute approximate surface area is 207 Å². The standard InChI is InChI=1S/C21H19Cl2F3N2O2S.CH2O2/c1-2-27-19(29)18-15-6-4-3-5-14(15)17(31-18)16-10-20(30-28-16,21(24,25)26)11-7-12(22)9-13(23)8-11;2-1-3/h7-9H,2-6,10H2,1H3,(H,27,29);1H,(H,2,3). The Morgan fingerprint density at radius 1 is 1.24 bits per heavy atom. The molecule has 1 amide bonds. The van der Waals surface area contributed by atoms with Crippen molar-refractivity contribution in [2.24, 2.45) is 5.16 Å².